The quantitative estimate of drug-likeness (QED) is 0.690. The molecule has 0 radical (unpaired) electrons. The van der Waals surface area contributed by atoms with E-state index in [1.54, 1.807) is 20.8 Å². The number of rotatable bonds is 2. The van der Waals surface area contributed by atoms with Crippen LogP contribution in [0, 0.1) is 0 Å². The summed E-state index contributed by atoms with van der Waals surface area (Å²) in [6.45, 7) is 5.06. The normalized spacial score (nSPS) is 27.7. The zero-order chi connectivity index (χ0) is 11.0. The number of sulfonamides is 1. The number of hydrogen-bond acceptors (Lipinski definition) is 4. The Morgan fingerprint density at radius 2 is 2.07 bits per heavy atom. The largest absolute Gasteiger partial charge is 0.287 e. The number of halogens is 1. The van der Waals surface area contributed by atoms with Crippen LogP contribution in [0.25, 0.3) is 0 Å². The van der Waals surface area contributed by atoms with Gasteiger partial charge in [0.1, 0.15) is 0 Å². The second kappa shape index (κ2) is 3.47. The van der Waals surface area contributed by atoms with Gasteiger partial charge in [-0.05, 0) is 20.8 Å². The Hall–Kier alpha value is -0.690. The number of nitrogens with one attached hydrogen (secondary N) is 2. The van der Waals surface area contributed by atoms with Gasteiger partial charge in [-0.25, -0.2) is 17.5 Å². The Bertz CT molecular complexity index is 333. The molecule has 0 spiro atoms. The average Bonchev–Trinajstić information content (AvgIpc) is 2.29. The summed E-state index contributed by atoms with van der Waals surface area (Å²) in [5.41, 5.74) is 1.59. The summed E-state index contributed by atoms with van der Waals surface area (Å²) in [5, 5.41) is 2.06. The molecule has 2 N–H and O–H groups in total. The fourth-order valence-electron chi connectivity index (χ4n) is 1.07. The number of hydrogen-bond donors (Lipinski definition) is 2. The van der Waals surface area contributed by atoms with E-state index in [-0.39, 0.29) is 0 Å². The lowest BCUT2D eigenvalue weighted by atomic mass is 10.1. The molecule has 5 nitrogen and oxygen atoms in total. The van der Waals surface area contributed by atoms with Crippen LogP contribution in [0.2, 0.25) is 0 Å². The van der Waals surface area contributed by atoms with Crippen molar-refractivity contribution in [2.24, 2.45) is 5.10 Å². The van der Waals surface area contributed by atoms with Crippen molar-refractivity contribution in [1.82, 2.24) is 10.1 Å². The van der Waals surface area contributed by atoms with Gasteiger partial charge < -0.3 is 0 Å². The summed E-state index contributed by atoms with van der Waals surface area (Å²) in [6.07, 6.45) is -0.665. The molecule has 0 bridgehead atoms. The highest BCUT2D eigenvalue weighted by molar-refractivity contribution is 7.90. The summed E-state index contributed by atoms with van der Waals surface area (Å²) in [5.74, 6) is 0. The highest BCUT2D eigenvalue weighted by Crippen LogP contribution is 2.12. The summed E-state index contributed by atoms with van der Waals surface area (Å²) in [7, 11) is -3.73. The van der Waals surface area contributed by atoms with Crippen LogP contribution in [0.4, 0.5) is 4.39 Å². The molecule has 2 atom stereocenters. The van der Waals surface area contributed by atoms with Crippen molar-refractivity contribution >= 4 is 16.2 Å². The van der Waals surface area contributed by atoms with Gasteiger partial charge in [0.15, 0.2) is 11.5 Å². The van der Waals surface area contributed by atoms with Crippen LogP contribution in [0.1, 0.15) is 20.8 Å². The molecule has 0 aromatic carbocycles. The van der Waals surface area contributed by atoms with Gasteiger partial charge in [0.05, 0.1) is 6.21 Å². The third-order valence-corrected chi connectivity index (χ3v) is 3.42. The van der Waals surface area contributed by atoms with Gasteiger partial charge in [-0.2, -0.15) is 5.10 Å². The Balaban J connectivity index is 2.77. The topological polar surface area (TPSA) is 70.6 Å². The minimum Gasteiger partial charge on any atom is -0.287 e. The molecule has 7 heteroatoms. The molecule has 2 unspecified atom stereocenters. The summed E-state index contributed by atoms with van der Waals surface area (Å²) in [4.78, 5) is 0. The minimum atomic E-state index is -3.73. The lowest BCUT2D eigenvalue weighted by molar-refractivity contribution is 0.389. The van der Waals surface area contributed by atoms with Crippen molar-refractivity contribution < 1.29 is 12.8 Å². The molecule has 1 heterocycles. The molecule has 0 aliphatic carbocycles. The predicted octanol–water partition coefficient (Wildman–Crippen LogP) is -0.0425. The average molecular weight is 223 g/mol. The van der Waals surface area contributed by atoms with Crippen molar-refractivity contribution in [1.29, 1.82) is 0 Å². The van der Waals surface area contributed by atoms with Crippen molar-refractivity contribution in [3.63, 3.8) is 0 Å². The second-order valence-electron chi connectivity index (χ2n) is 4.17. The number of nitrogens with zero attached hydrogens (tertiary/aromatic N) is 1. The molecule has 0 saturated carbocycles. The minimum absolute atomic E-state index is 0.622. The molecule has 82 valence electrons. The van der Waals surface area contributed by atoms with Gasteiger partial charge in [-0.3, -0.25) is 5.43 Å². The van der Waals surface area contributed by atoms with E-state index in [0.717, 1.165) is 6.21 Å². The first-order valence-corrected chi connectivity index (χ1v) is 5.72. The first-order chi connectivity index (χ1) is 6.22. The molecule has 1 aliphatic rings. The van der Waals surface area contributed by atoms with E-state index >= 15 is 0 Å². The number of hydrazone groups is 1. The van der Waals surface area contributed by atoms with Gasteiger partial charge in [0.2, 0.25) is 10.0 Å². The van der Waals surface area contributed by atoms with E-state index in [2.05, 4.69) is 15.2 Å². The Morgan fingerprint density at radius 3 is 2.43 bits per heavy atom. The Kier molecular flexibility index (Phi) is 2.82. The van der Waals surface area contributed by atoms with Gasteiger partial charge in [0, 0.05) is 5.54 Å². The van der Waals surface area contributed by atoms with Gasteiger partial charge >= 0.3 is 0 Å². The molecule has 1 aliphatic heterocycles. The smallest absolute Gasteiger partial charge is 0.237 e. The summed E-state index contributed by atoms with van der Waals surface area (Å²) >= 11 is 0. The molecular formula is C7H14FN3O2S. The lowest BCUT2D eigenvalue weighted by Crippen LogP contribution is -2.51. The van der Waals surface area contributed by atoms with E-state index in [9.17, 15) is 12.8 Å². The van der Waals surface area contributed by atoms with Crippen molar-refractivity contribution in [2.45, 2.75) is 37.9 Å². The van der Waals surface area contributed by atoms with Gasteiger partial charge in [0.25, 0.3) is 0 Å². The monoisotopic (exact) mass is 223 g/mol. The SMILES string of the molecule is CC(C)(C)NS(=O)(=O)C1NN=CC1F. The van der Waals surface area contributed by atoms with E-state index in [0.29, 0.717) is 0 Å². The van der Waals surface area contributed by atoms with Gasteiger partial charge in [-0.1, -0.05) is 0 Å². The zero-order valence-corrected chi connectivity index (χ0v) is 9.10. The van der Waals surface area contributed by atoms with Crippen molar-refractivity contribution in [3.05, 3.63) is 0 Å². The van der Waals surface area contributed by atoms with Crippen LogP contribution in [-0.4, -0.2) is 31.7 Å². The lowest BCUT2D eigenvalue weighted by Gasteiger charge is -2.23. The van der Waals surface area contributed by atoms with E-state index in [1.165, 1.54) is 0 Å². The first-order valence-electron chi connectivity index (χ1n) is 4.18. The summed E-state index contributed by atoms with van der Waals surface area (Å²) < 4.78 is 38.5. The third kappa shape index (κ3) is 2.65. The predicted molar refractivity (Wildman–Crippen MR) is 52.1 cm³/mol. The first kappa shape index (κ1) is 11.4. The Labute approximate surface area is 82.8 Å². The second-order valence-corrected chi connectivity index (χ2v) is 5.97. The van der Waals surface area contributed by atoms with Crippen LogP contribution in [0.5, 0.6) is 0 Å². The fraction of sp³-hybridized carbons (Fsp3) is 0.857. The molecule has 0 aromatic rings. The molecular weight excluding hydrogens is 209 g/mol. The zero-order valence-electron chi connectivity index (χ0n) is 8.28. The maximum Gasteiger partial charge on any atom is 0.237 e. The highest BCUT2D eigenvalue weighted by Gasteiger charge is 2.37. The molecule has 0 saturated heterocycles. The van der Waals surface area contributed by atoms with E-state index in [4.69, 9.17) is 0 Å². The standard InChI is InChI=1S/C7H14FN3O2S/c1-7(2,3)11-14(12,13)6-5(8)4-9-10-6/h4-6,10-11H,1-3H3. The van der Waals surface area contributed by atoms with Crippen molar-refractivity contribution in [2.75, 3.05) is 0 Å². The summed E-state index contributed by atoms with van der Waals surface area (Å²) in [6, 6.07) is 0. The fourth-order valence-corrected chi connectivity index (χ4v) is 2.66. The molecule has 0 fully saturated rings. The molecule has 0 amide bonds. The number of alkyl halides is 1. The highest BCUT2D eigenvalue weighted by atomic mass is 32.2. The van der Waals surface area contributed by atoms with E-state index in [1.807, 2.05) is 0 Å². The molecule has 1 rings (SSSR count). The molecule has 0 aromatic heterocycles. The van der Waals surface area contributed by atoms with Crippen LogP contribution in [0.15, 0.2) is 5.10 Å². The Morgan fingerprint density at radius 1 is 1.50 bits per heavy atom. The van der Waals surface area contributed by atoms with Crippen LogP contribution in [-0.2, 0) is 10.0 Å². The maximum atomic E-state index is 13.0. The van der Waals surface area contributed by atoms with E-state index < -0.39 is 27.1 Å². The van der Waals surface area contributed by atoms with Gasteiger partial charge in [-0.15, -0.1) is 0 Å². The van der Waals surface area contributed by atoms with Crippen molar-refractivity contribution in [3.8, 4) is 0 Å². The van der Waals surface area contributed by atoms with Crippen LogP contribution < -0.4 is 10.1 Å². The molecule has 14 heavy (non-hydrogen) atoms. The van der Waals surface area contributed by atoms with Crippen LogP contribution >= 0.6 is 0 Å². The van der Waals surface area contributed by atoms with Crippen LogP contribution in [0.3, 0.4) is 0 Å². The third-order valence-electron chi connectivity index (χ3n) is 1.49. The maximum absolute atomic E-state index is 13.0.